The van der Waals surface area contributed by atoms with Crippen molar-refractivity contribution < 1.29 is 9.31 Å². The zero-order valence-electron chi connectivity index (χ0n) is 18.3. The fourth-order valence-corrected chi connectivity index (χ4v) is 4.82. The van der Waals surface area contributed by atoms with E-state index in [-0.39, 0.29) is 23.7 Å². The van der Waals surface area contributed by atoms with E-state index in [4.69, 9.17) is 9.31 Å². The molecule has 0 unspecified atom stereocenters. The largest absolute Gasteiger partial charge is 0.494 e. The van der Waals surface area contributed by atoms with E-state index in [9.17, 15) is 0 Å². The van der Waals surface area contributed by atoms with Gasteiger partial charge >= 0.3 is 7.12 Å². The SMILES string of the molecule is CC1(C)Cc2ccc3ccccc3c2-c2ccc(B3OC(C)(C)C(C)(C)O3)cc21. The Balaban J connectivity index is 1.67. The molecule has 0 atom stereocenters. The van der Waals surface area contributed by atoms with Gasteiger partial charge in [0.25, 0.3) is 0 Å². The number of rotatable bonds is 1. The summed E-state index contributed by atoms with van der Waals surface area (Å²) >= 11 is 0. The van der Waals surface area contributed by atoms with Gasteiger partial charge < -0.3 is 9.31 Å². The molecule has 2 nitrogen and oxygen atoms in total. The Morgan fingerprint density at radius 1 is 0.793 bits per heavy atom. The molecule has 0 spiro atoms. The van der Waals surface area contributed by atoms with Crippen LogP contribution in [0.1, 0.15) is 52.7 Å². The molecule has 0 N–H and O–H groups in total. The molecule has 148 valence electrons. The summed E-state index contributed by atoms with van der Waals surface area (Å²) in [5, 5.41) is 2.64. The highest BCUT2D eigenvalue weighted by atomic mass is 16.7. The van der Waals surface area contributed by atoms with Crippen molar-refractivity contribution >= 4 is 23.4 Å². The first-order valence-corrected chi connectivity index (χ1v) is 10.6. The van der Waals surface area contributed by atoms with Gasteiger partial charge in [0.1, 0.15) is 0 Å². The van der Waals surface area contributed by atoms with E-state index >= 15 is 0 Å². The van der Waals surface area contributed by atoms with Crippen LogP contribution in [-0.2, 0) is 21.1 Å². The first-order chi connectivity index (χ1) is 13.6. The zero-order chi connectivity index (χ0) is 20.6. The predicted octanol–water partition coefficient (Wildman–Crippen LogP) is 5.64. The Labute approximate surface area is 174 Å². The average molecular weight is 384 g/mol. The third kappa shape index (κ3) is 2.79. The second kappa shape index (κ2) is 5.96. The van der Waals surface area contributed by atoms with E-state index in [2.05, 4.69) is 96.1 Å². The van der Waals surface area contributed by atoms with E-state index in [0.717, 1.165) is 11.9 Å². The molecule has 1 saturated heterocycles. The number of hydrogen-bond acceptors (Lipinski definition) is 2. The van der Waals surface area contributed by atoms with Crippen LogP contribution in [0.15, 0.2) is 54.6 Å². The second-order valence-corrected chi connectivity index (χ2v) is 10.3. The normalized spacial score (nSPS) is 21.1. The van der Waals surface area contributed by atoms with Crippen molar-refractivity contribution in [2.75, 3.05) is 0 Å². The summed E-state index contributed by atoms with van der Waals surface area (Å²) in [6.07, 6.45) is 1.03. The minimum Gasteiger partial charge on any atom is -0.399 e. The quantitative estimate of drug-likeness (QED) is 0.506. The van der Waals surface area contributed by atoms with Crippen LogP contribution in [0.2, 0.25) is 0 Å². The van der Waals surface area contributed by atoms with E-state index in [1.54, 1.807) is 0 Å². The maximum absolute atomic E-state index is 6.33. The molecule has 1 aliphatic heterocycles. The molecule has 0 aromatic heterocycles. The molecule has 1 heterocycles. The summed E-state index contributed by atoms with van der Waals surface area (Å²) in [6.45, 7) is 13.1. The smallest absolute Gasteiger partial charge is 0.399 e. The van der Waals surface area contributed by atoms with Crippen LogP contribution < -0.4 is 5.46 Å². The monoisotopic (exact) mass is 384 g/mol. The van der Waals surface area contributed by atoms with Crippen molar-refractivity contribution in [2.45, 2.75) is 64.6 Å². The third-order valence-electron chi connectivity index (χ3n) is 7.22. The summed E-state index contributed by atoms with van der Waals surface area (Å²) < 4.78 is 12.7. The van der Waals surface area contributed by atoms with E-state index < -0.39 is 0 Å². The molecule has 2 aliphatic rings. The lowest BCUT2D eigenvalue weighted by Gasteiger charge is -2.35. The molecule has 3 heteroatoms. The predicted molar refractivity (Wildman–Crippen MR) is 122 cm³/mol. The summed E-state index contributed by atoms with van der Waals surface area (Å²) in [5.74, 6) is 0. The first kappa shape index (κ1) is 18.9. The molecule has 1 aliphatic carbocycles. The van der Waals surface area contributed by atoms with E-state index in [1.807, 2.05) is 0 Å². The van der Waals surface area contributed by atoms with Crippen molar-refractivity contribution in [1.29, 1.82) is 0 Å². The Morgan fingerprint density at radius 2 is 1.48 bits per heavy atom. The first-order valence-electron chi connectivity index (χ1n) is 10.6. The molecule has 0 bridgehead atoms. The molecular weight excluding hydrogens is 355 g/mol. The molecular formula is C26H29BO2. The maximum Gasteiger partial charge on any atom is 0.494 e. The number of hydrogen-bond donors (Lipinski definition) is 0. The summed E-state index contributed by atoms with van der Waals surface area (Å²) in [4.78, 5) is 0. The van der Waals surface area contributed by atoms with Gasteiger partial charge in [0.05, 0.1) is 11.2 Å². The Kier molecular flexibility index (Phi) is 3.89. The van der Waals surface area contributed by atoms with Gasteiger partial charge in [0, 0.05) is 0 Å². The highest BCUT2D eigenvalue weighted by Gasteiger charge is 2.52. The van der Waals surface area contributed by atoms with Crippen molar-refractivity contribution in [1.82, 2.24) is 0 Å². The summed E-state index contributed by atoms with van der Waals surface area (Å²) in [6, 6.07) is 20.1. The summed E-state index contributed by atoms with van der Waals surface area (Å²) in [5.41, 5.74) is 6.06. The Hall–Kier alpha value is -2.10. The van der Waals surface area contributed by atoms with Crippen LogP contribution in [0.3, 0.4) is 0 Å². The van der Waals surface area contributed by atoms with Gasteiger partial charge in [-0.05, 0) is 78.0 Å². The highest BCUT2D eigenvalue weighted by Crippen LogP contribution is 2.46. The minimum absolute atomic E-state index is 0.0600. The number of fused-ring (bicyclic) bond motifs is 5. The standard InChI is InChI=1S/C26H29BO2/c1-24(2)16-18-12-11-17-9-7-8-10-20(17)23(18)21-14-13-19(15-22(21)24)27-28-25(3,4)26(5,6)29-27/h7-15H,16H2,1-6H3. The lowest BCUT2D eigenvalue weighted by Crippen LogP contribution is -2.41. The van der Waals surface area contributed by atoms with E-state index in [1.165, 1.54) is 33.0 Å². The van der Waals surface area contributed by atoms with Crippen molar-refractivity contribution in [3.8, 4) is 11.1 Å². The topological polar surface area (TPSA) is 18.5 Å². The minimum atomic E-state index is -0.327. The van der Waals surface area contributed by atoms with Gasteiger partial charge in [0.2, 0.25) is 0 Å². The molecule has 1 fully saturated rings. The molecule has 0 amide bonds. The Morgan fingerprint density at radius 3 is 2.21 bits per heavy atom. The molecule has 29 heavy (non-hydrogen) atoms. The van der Waals surface area contributed by atoms with Gasteiger partial charge in [-0.15, -0.1) is 0 Å². The van der Waals surface area contributed by atoms with Crippen LogP contribution >= 0.6 is 0 Å². The highest BCUT2D eigenvalue weighted by molar-refractivity contribution is 6.62. The average Bonchev–Trinajstić information content (AvgIpc) is 2.88. The zero-order valence-corrected chi connectivity index (χ0v) is 18.3. The van der Waals surface area contributed by atoms with Crippen LogP contribution in [0.25, 0.3) is 21.9 Å². The lowest BCUT2D eigenvalue weighted by atomic mass is 9.66. The van der Waals surface area contributed by atoms with Crippen LogP contribution in [-0.4, -0.2) is 18.3 Å². The van der Waals surface area contributed by atoms with Gasteiger partial charge in [-0.1, -0.05) is 68.4 Å². The molecule has 0 radical (unpaired) electrons. The van der Waals surface area contributed by atoms with Crippen molar-refractivity contribution in [2.24, 2.45) is 0 Å². The van der Waals surface area contributed by atoms with Gasteiger partial charge in [-0.2, -0.15) is 0 Å². The van der Waals surface area contributed by atoms with Crippen LogP contribution in [0.4, 0.5) is 0 Å². The van der Waals surface area contributed by atoms with Gasteiger partial charge in [-0.25, -0.2) is 0 Å². The van der Waals surface area contributed by atoms with E-state index in [0.29, 0.717) is 0 Å². The second-order valence-electron chi connectivity index (χ2n) is 10.3. The molecule has 3 aromatic carbocycles. The molecule has 5 rings (SSSR count). The van der Waals surface area contributed by atoms with Crippen molar-refractivity contribution in [3.05, 3.63) is 65.7 Å². The lowest BCUT2D eigenvalue weighted by molar-refractivity contribution is 0.00578. The molecule has 3 aromatic rings. The van der Waals surface area contributed by atoms with Crippen LogP contribution in [0.5, 0.6) is 0 Å². The van der Waals surface area contributed by atoms with Gasteiger partial charge in [-0.3, -0.25) is 0 Å². The molecule has 0 saturated carbocycles. The summed E-state index contributed by atoms with van der Waals surface area (Å²) in [7, 11) is -0.324. The maximum atomic E-state index is 6.33. The Bertz CT molecular complexity index is 1110. The van der Waals surface area contributed by atoms with Crippen LogP contribution in [0, 0.1) is 0 Å². The van der Waals surface area contributed by atoms with Gasteiger partial charge in [0.15, 0.2) is 0 Å². The van der Waals surface area contributed by atoms with Crippen molar-refractivity contribution in [3.63, 3.8) is 0 Å². The number of benzene rings is 3. The third-order valence-corrected chi connectivity index (χ3v) is 7.22. The fourth-order valence-electron chi connectivity index (χ4n) is 4.82. The fraction of sp³-hybridized carbons (Fsp3) is 0.385.